The Balaban J connectivity index is 2.05. The summed E-state index contributed by atoms with van der Waals surface area (Å²) in [6.07, 6.45) is 7.86. The molecule has 2 fully saturated rings. The van der Waals surface area contributed by atoms with Gasteiger partial charge in [0.15, 0.2) is 0 Å². The van der Waals surface area contributed by atoms with E-state index in [1.165, 1.54) is 25.7 Å². The zero-order valence-electron chi connectivity index (χ0n) is 11.6. The van der Waals surface area contributed by atoms with Crippen LogP contribution in [0.15, 0.2) is 0 Å². The lowest BCUT2D eigenvalue weighted by molar-refractivity contribution is 0.162. The Morgan fingerprint density at radius 2 is 1.72 bits per heavy atom. The maximum atomic E-state index is 12.3. The van der Waals surface area contributed by atoms with E-state index in [4.69, 9.17) is 4.18 Å². The zero-order chi connectivity index (χ0) is 13.2. The number of hydrogen-bond acceptors (Lipinski definition) is 3. The lowest BCUT2D eigenvalue weighted by Gasteiger charge is -2.40. The monoisotopic (exact) mass is 274 g/mol. The predicted molar refractivity (Wildman–Crippen MR) is 72.8 cm³/mol. The normalized spacial score (nSPS) is 33.4. The fraction of sp³-hybridized carbons (Fsp3) is 1.00. The van der Waals surface area contributed by atoms with Gasteiger partial charge < -0.3 is 0 Å². The van der Waals surface area contributed by atoms with Gasteiger partial charge in [0.25, 0.3) is 10.1 Å². The molecule has 0 N–H and O–H groups in total. The van der Waals surface area contributed by atoms with Crippen LogP contribution in [0.2, 0.25) is 0 Å². The van der Waals surface area contributed by atoms with Gasteiger partial charge in [-0.05, 0) is 30.6 Å². The molecule has 0 aliphatic heterocycles. The van der Waals surface area contributed by atoms with Crippen LogP contribution in [0.25, 0.3) is 0 Å². The van der Waals surface area contributed by atoms with Gasteiger partial charge in [-0.2, -0.15) is 8.42 Å². The van der Waals surface area contributed by atoms with Gasteiger partial charge in [0.1, 0.15) is 0 Å². The highest BCUT2D eigenvalue weighted by molar-refractivity contribution is 7.87. The Morgan fingerprint density at radius 1 is 1.06 bits per heavy atom. The van der Waals surface area contributed by atoms with E-state index in [0.717, 1.165) is 19.3 Å². The van der Waals surface area contributed by atoms with Crippen LogP contribution in [0.4, 0.5) is 0 Å². The second-order valence-corrected chi connectivity index (χ2v) is 8.18. The minimum Gasteiger partial charge on any atom is -0.270 e. The maximum Gasteiger partial charge on any atom is 0.270 e. The van der Waals surface area contributed by atoms with E-state index in [9.17, 15) is 8.42 Å². The van der Waals surface area contributed by atoms with Gasteiger partial charge in [-0.25, -0.2) is 0 Å². The predicted octanol–water partition coefficient (Wildman–Crippen LogP) is 3.35. The number of hydrogen-bond donors (Lipinski definition) is 0. The highest BCUT2D eigenvalue weighted by atomic mass is 32.2. The molecule has 18 heavy (non-hydrogen) atoms. The summed E-state index contributed by atoms with van der Waals surface area (Å²) in [5.74, 6) is 1.27. The topological polar surface area (TPSA) is 43.4 Å². The van der Waals surface area contributed by atoms with Gasteiger partial charge in [-0.1, -0.05) is 46.0 Å². The first-order chi connectivity index (χ1) is 8.50. The van der Waals surface area contributed by atoms with E-state index in [1.807, 2.05) is 13.8 Å². The molecular weight excluding hydrogens is 248 g/mol. The molecule has 0 aromatic heterocycles. The largest absolute Gasteiger partial charge is 0.270 e. The summed E-state index contributed by atoms with van der Waals surface area (Å²) in [6, 6.07) is 0. The summed E-state index contributed by atoms with van der Waals surface area (Å²) >= 11 is 0. The quantitative estimate of drug-likeness (QED) is 0.738. The lowest BCUT2D eigenvalue weighted by atomic mass is 9.71. The highest BCUT2D eigenvalue weighted by Gasteiger charge is 2.42. The fourth-order valence-corrected chi connectivity index (χ4v) is 5.43. The first-order valence-corrected chi connectivity index (χ1v) is 8.86. The van der Waals surface area contributed by atoms with E-state index in [2.05, 4.69) is 0 Å². The molecule has 0 spiro atoms. The Hall–Kier alpha value is -0.0900. The van der Waals surface area contributed by atoms with Crippen molar-refractivity contribution in [3.63, 3.8) is 0 Å². The molecule has 0 aromatic carbocycles. The van der Waals surface area contributed by atoms with Crippen molar-refractivity contribution in [1.82, 2.24) is 0 Å². The van der Waals surface area contributed by atoms with Crippen LogP contribution in [-0.4, -0.2) is 20.3 Å². The summed E-state index contributed by atoms with van der Waals surface area (Å²) < 4.78 is 29.9. The smallest absolute Gasteiger partial charge is 0.270 e. The van der Waals surface area contributed by atoms with E-state index in [0.29, 0.717) is 18.4 Å². The number of fused-ring (bicyclic) bond motifs is 1. The molecule has 0 bridgehead atoms. The third-order valence-electron chi connectivity index (χ3n) is 4.45. The van der Waals surface area contributed by atoms with Crippen molar-refractivity contribution < 1.29 is 12.6 Å². The standard InChI is InChI=1S/C14H26O3S/c1-11(2)10-17-18(15,16)14-9-5-7-12-6-3-4-8-13(12)14/h11-14H,3-10H2,1-2H3. The third-order valence-corrected chi connectivity index (χ3v) is 6.24. The second-order valence-electron chi connectivity index (χ2n) is 6.35. The average molecular weight is 274 g/mol. The molecule has 3 unspecified atom stereocenters. The first kappa shape index (κ1) is 14.3. The molecule has 3 nitrogen and oxygen atoms in total. The minimum absolute atomic E-state index is 0.227. The molecule has 3 atom stereocenters. The molecule has 2 aliphatic rings. The van der Waals surface area contributed by atoms with E-state index >= 15 is 0 Å². The molecule has 0 radical (unpaired) electrons. The Morgan fingerprint density at radius 3 is 2.44 bits per heavy atom. The summed E-state index contributed by atoms with van der Waals surface area (Å²) in [7, 11) is -3.35. The van der Waals surface area contributed by atoms with Gasteiger partial charge in [0, 0.05) is 0 Å². The summed E-state index contributed by atoms with van der Waals surface area (Å²) in [4.78, 5) is 0. The van der Waals surface area contributed by atoms with Crippen molar-refractivity contribution >= 4 is 10.1 Å². The Bertz CT molecular complexity index is 359. The van der Waals surface area contributed by atoms with Crippen molar-refractivity contribution in [3.8, 4) is 0 Å². The van der Waals surface area contributed by atoms with Crippen LogP contribution in [0, 0.1) is 17.8 Å². The first-order valence-electron chi connectivity index (χ1n) is 7.39. The summed E-state index contributed by atoms with van der Waals surface area (Å²) in [5, 5.41) is -0.227. The SMILES string of the molecule is CC(C)COS(=O)(=O)C1CCCC2CCCCC21. The molecule has 4 heteroatoms. The molecule has 0 saturated heterocycles. The molecular formula is C14H26O3S. The third kappa shape index (κ3) is 3.27. The van der Waals surface area contributed by atoms with Crippen LogP contribution in [0.5, 0.6) is 0 Å². The van der Waals surface area contributed by atoms with Crippen molar-refractivity contribution in [2.24, 2.45) is 17.8 Å². The average Bonchev–Trinajstić information content (AvgIpc) is 2.36. The van der Waals surface area contributed by atoms with E-state index in [1.54, 1.807) is 0 Å². The van der Waals surface area contributed by atoms with E-state index < -0.39 is 10.1 Å². The summed E-state index contributed by atoms with van der Waals surface area (Å²) in [5.41, 5.74) is 0. The molecule has 2 aliphatic carbocycles. The van der Waals surface area contributed by atoms with Crippen molar-refractivity contribution in [2.45, 2.75) is 64.0 Å². The van der Waals surface area contributed by atoms with Crippen LogP contribution in [0.3, 0.4) is 0 Å². The van der Waals surface area contributed by atoms with Crippen LogP contribution in [-0.2, 0) is 14.3 Å². The van der Waals surface area contributed by atoms with Gasteiger partial charge in [0.2, 0.25) is 0 Å². The second kappa shape index (κ2) is 5.91. The molecule has 0 aromatic rings. The van der Waals surface area contributed by atoms with Gasteiger partial charge in [-0.15, -0.1) is 0 Å². The van der Waals surface area contributed by atoms with Gasteiger partial charge in [0.05, 0.1) is 11.9 Å². The Kier molecular flexibility index (Phi) is 4.70. The Labute approximate surface area is 111 Å². The zero-order valence-corrected chi connectivity index (χ0v) is 12.4. The van der Waals surface area contributed by atoms with Crippen LogP contribution < -0.4 is 0 Å². The van der Waals surface area contributed by atoms with Crippen molar-refractivity contribution in [1.29, 1.82) is 0 Å². The fourth-order valence-electron chi connectivity index (χ4n) is 3.56. The maximum absolute atomic E-state index is 12.3. The van der Waals surface area contributed by atoms with Crippen LogP contribution in [0.1, 0.15) is 58.8 Å². The molecule has 0 amide bonds. The van der Waals surface area contributed by atoms with Gasteiger partial charge in [-0.3, -0.25) is 4.18 Å². The van der Waals surface area contributed by atoms with Crippen molar-refractivity contribution in [3.05, 3.63) is 0 Å². The van der Waals surface area contributed by atoms with Gasteiger partial charge >= 0.3 is 0 Å². The minimum atomic E-state index is -3.35. The highest BCUT2D eigenvalue weighted by Crippen LogP contribution is 2.43. The van der Waals surface area contributed by atoms with E-state index in [-0.39, 0.29) is 11.2 Å². The molecule has 2 rings (SSSR count). The summed E-state index contributed by atoms with van der Waals surface area (Å²) in [6.45, 7) is 4.30. The lowest BCUT2D eigenvalue weighted by Crippen LogP contribution is -2.40. The molecule has 106 valence electrons. The molecule has 2 saturated carbocycles. The van der Waals surface area contributed by atoms with Crippen LogP contribution >= 0.6 is 0 Å². The van der Waals surface area contributed by atoms with Crippen molar-refractivity contribution in [2.75, 3.05) is 6.61 Å². The molecule has 0 heterocycles. The number of rotatable bonds is 4.